The minimum absolute atomic E-state index is 0.113. The van der Waals surface area contributed by atoms with Crippen LogP contribution >= 0.6 is 21.6 Å². The highest BCUT2D eigenvalue weighted by Crippen LogP contribution is 2.69. The summed E-state index contributed by atoms with van der Waals surface area (Å²) in [5.74, 6) is 0.993. The van der Waals surface area contributed by atoms with E-state index in [1.165, 1.54) is 21.6 Å². The lowest BCUT2D eigenvalue weighted by Crippen LogP contribution is -2.73. The van der Waals surface area contributed by atoms with Gasteiger partial charge < -0.3 is 24.0 Å². The number of nitrogens with zero attached hydrogens (tertiary/aromatic N) is 4. The second kappa shape index (κ2) is 7.18. The fourth-order valence-corrected chi connectivity index (χ4v) is 9.22. The molecule has 7 rings (SSSR count). The number of fused-ring (bicyclic) bond motifs is 3. The number of nitriles is 1. The molecule has 2 unspecified atom stereocenters. The predicted octanol–water partition coefficient (Wildman–Crippen LogP) is 1.81. The Hall–Kier alpha value is -2.13. The van der Waals surface area contributed by atoms with Crippen molar-refractivity contribution < 1.29 is 23.8 Å². The number of carbonyl (C=O) groups is 2. The number of likely N-dealkylation sites (N-methyl/N-ethyl adjacent to an activating group) is 1. The van der Waals surface area contributed by atoms with Crippen LogP contribution in [-0.4, -0.2) is 82.9 Å². The fraction of sp³-hybridized carbons (Fsp3) is 0.591. The first-order chi connectivity index (χ1) is 15.8. The van der Waals surface area contributed by atoms with E-state index in [0.29, 0.717) is 44.3 Å². The van der Waals surface area contributed by atoms with Gasteiger partial charge in [-0.3, -0.25) is 14.5 Å². The van der Waals surface area contributed by atoms with Crippen LogP contribution in [0.5, 0.6) is 11.5 Å². The van der Waals surface area contributed by atoms with Gasteiger partial charge in [0.05, 0.1) is 30.7 Å². The second-order valence-corrected chi connectivity index (χ2v) is 12.1. The van der Waals surface area contributed by atoms with E-state index in [9.17, 15) is 14.9 Å². The minimum Gasteiger partial charge on any atom is -0.454 e. The highest BCUT2D eigenvalue weighted by atomic mass is 33.1. The molecule has 0 aliphatic carbocycles. The molecular formula is C22H24N4O5S2. The van der Waals surface area contributed by atoms with Crippen LogP contribution in [0.1, 0.15) is 24.9 Å². The number of rotatable bonds is 3. The van der Waals surface area contributed by atoms with Gasteiger partial charge in [-0.05, 0) is 24.6 Å². The molecule has 5 fully saturated rings. The van der Waals surface area contributed by atoms with Crippen LogP contribution in [0.15, 0.2) is 18.2 Å². The summed E-state index contributed by atoms with van der Waals surface area (Å²) in [4.78, 5) is 31.0. The summed E-state index contributed by atoms with van der Waals surface area (Å²) in [5, 5.41) is 10.7. The first kappa shape index (κ1) is 21.4. The van der Waals surface area contributed by atoms with Gasteiger partial charge in [0.2, 0.25) is 6.79 Å². The molecule has 174 valence electrons. The molecule has 33 heavy (non-hydrogen) atoms. The highest BCUT2D eigenvalue weighted by Gasteiger charge is 2.75. The van der Waals surface area contributed by atoms with Gasteiger partial charge in [-0.1, -0.05) is 27.7 Å². The van der Waals surface area contributed by atoms with Crippen molar-refractivity contribution in [2.75, 3.05) is 46.7 Å². The maximum Gasteiger partial charge on any atom is 0.261 e. The van der Waals surface area contributed by atoms with Crippen molar-refractivity contribution in [3.8, 4) is 17.6 Å². The molecule has 0 N–H and O–H groups in total. The van der Waals surface area contributed by atoms with Gasteiger partial charge in [0.25, 0.3) is 11.8 Å². The third kappa shape index (κ3) is 2.75. The molecule has 11 heteroatoms. The Morgan fingerprint density at radius 1 is 1.15 bits per heavy atom. The van der Waals surface area contributed by atoms with Gasteiger partial charge in [0, 0.05) is 33.1 Å². The van der Waals surface area contributed by atoms with Gasteiger partial charge in [0.1, 0.15) is 0 Å². The zero-order valence-corrected chi connectivity index (χ0v) is 20.0. The summed E-state index contributed by atoms with van der Waals surface area (Å²) in [6, 6.07) is 7.60. The van der Waals surface area contributed by atoms with E-state index in [-0.39, 0.29) is 25.0 Å². The highest BCUT2D eigenvalue weighted by molar-refractivity contribution is 8.78. The molecule has 1 aromatic rings. The molecule has 6 aliphatic heterocycles. The normalized spacial score (nSPS) is 37.4. The lowest BCUT2D eigenvalue weighted by Gasteiger charge is -2.57. The van der Waals surface area contributed by atoms with E-state index >= 15 is 0 Å². The maximum absolute atomic E-state index is 14.0. The number of morpholine rings is 1. The van der Waals surface area contributed by atoms with Crippen molar-refractivity contribution in [1.82, 2.24) is 14.7 Å². The van der Waals surface area contributed by atoms with Crippen LogP contribution in [0.3, 0.4) is 0 Å². The summed E-state index contributed by atoms with van der Waals surface area (Å²) >= 11 is 0. The number of hydrogen-bond donors (Lipinski definition) is 0. The Morgan fingerprint density at radius 3 is 2.67 bits per heavy atom. The van der Waals surface area contributed by atoms with Crippen molar-refractivity contribution in [2.24, 2.45) is 5.41 Å². The summed E-state index contributed by atoms with van der Waals surface area (Å²) in [7, 11) is 4.54. The van der Waals surface area contributed by atoms with E-state index in [1.807, 2.05) is 18.2 Å². The molecule has 4 atom stereocenters. The zero-order chi connectivity index (χ0) is 23.0. The fourth-order valence-electron chi connectivity index (χ4n) is 5.68. The Labute approximate surface area is 199 Å². The zero-order valence-electron chi connectivity index (χ0n) is 18.4. The van der Waals surface area contributed by atoms with Gasteiger partial charge in [-0.15, -0.1) is 0 Å². The van der Waals surface area contributed by atoms with Crippen LogP contribution in [0.2, 0.25) is 0 Å². The summed E-state index contributed by atoms with van der Waals surface area (Å²) < 4.78 is 16.6. The number of piperazine rings is 1. The Morgan fingerprint density at radius 2 is 1.91 bits per heavy atom. The van der Waals surface area contributed by atoms with Crippen LogP contribution in [0, 0.1) is 16.7 Å². The average Bonchev–Trinajstić information content (AvgIpc) is 3.41. The number of benzene rings is 1. The first-order valence-corrected chi connectivity index (χ1v) is 13.1. The van der Waals surface area contributed by atoms with Crippen LogP contribution in [0.4, 0.5) is 0 Å². The van der Waals surface area contributed by atoms with E-state index in [1.54, 1.807) is 23.8 Å². The van der Waals surface area contributed by atoms with Crippen molar-refractivity contribution in [3.63, 3.8) is 0 Å². The van der Waals surface area contributed by atoms with Gasteiger partial charge in [0.15, 0.2) is 21.2 Å². The molecule has 0 radical (unpaired) electrons. The minimum atomic E-state index is -1.11. The van der Waals surface area contributed by atoms with E-state index in [0.717, 1.165) is 5.56 Å². The Bertz CT molecular complexity index is 1090. The Balaban J connectivity index is 1.52. The van der Waals surface area contributed by atoms with E-state index in [4.69, 9.17) is 14.2 Å². The summed E-state index contributed by atoms with van der Waals surface area (Å²) in [6.07, 6.45) is 0.273. The van der Waals surface area contributed by atoms with Crippen molar-refractivity contribution in [1.29, 1.82) is 5.26 Å². The predicted molar refractivity (Wildman–Crippen MR) is 121 cm³/mol. The standard InChI is InChI=1S/C22H24N4O5S2/c1-20-18(27)26-17(14-3-4-15-16(9-14)31-13-30-15)21(11-23,12-25-5-7-29-8-6-25)10-22(26,33-32-20)19(28)24(20)2/h3-4,9,17H,5-8,10,12-13H2,1-2H3/t17?,20?,21-,22+/m1/s1. The van der Waals surface area contributed by atoms with E-state index in [2.05, 4.69) is 11.0 Å². The molecule has 2 amide bonds. The molecule has 2 bridgehead atoms. The largest absolute Gasteiger partial charge is 0.454 e. The third-order valence-electron chi connectivity index (χ3n) is 7.51. The number of hydrogen-bond acceptors (Lipinski definition) is 9. The first-order valence-electron chi connectivity index (χ1n) is 10.9. The third-order valence-corrected chi connectivity index (χ3v) is 11.2. The van der Waals surface area contributed by atoms with Crippen LogP contribution in [-0.2, 0) is 14.3 Å². The van der Waals surface area contributed by atoms with Crippen LogP contribution < -0.4 is 9.47 Å². The molecule has 9 nitrogen and oxygen atoms in total. The topological polar surface area (TPSA) is 95.3 Å². The summed E-state index contributed by atoms with van der Waals surface area (Å²) in [5.41, 5.74) is -0.183. The number of carbonyl (C=O) groups excluding carboxylic acids is 2. The number of amides is 2. The lowest BCUT2D eigenvalue weighted by atomic mass is 9.76. The monoisotopic (exact) mass is 488 g/mol. The molecule has 0 saturated carbocycles. The van der Waals surface area contributed by atoms with Crippen molar-refractivity contribution in [3.05, 3.63) is 23.8 Å². The van der Waals surface area contributed by atoms with Crippen LogP contribution in [0.25, 0.3) is 0 Å². The smallest absolute Gasteiger partial charge is 0.261 e. The molecule has 1 spiro atoms. The number of ether oxygens (including phenoxy) is 3. The van der Waals surface area contributed by atoms with Crippen molar-refractivity contribution in [2.45, 2.75) is 29.1 Å². The SMILES string of the molecule is CN1C(=O)[C@@]23C[C@@](C#N)(CN4CCOCC4)C(c4ccc5c(c4)OCO5)N2C(=O)C1(C)SS3. The molecule has 6 aliphatic rings. The molecule has 6 heterocycles. The molecule has 1 aromatic carbocycles. The second-order valence-electron chi connectivity index (χ2n) is 9.32. The van der Waals surface area contributed by atoms with Gasteiger partial charge >= 0.3 is 0 Å². The van der Waals surface area contributed by atoms with Gasteiger partial charge in [-0.2, -0.15) is 5.26 Å². The summed E-state index contributed by atoms with van der Waals surface area (Å²) in [6.45, 7) is 5.02. The molecule has 0 aromatic heterocycles. The lowest BCUT2D eigenvalue weighted by molar-refractivity contribution is -0.164. The maximum atomic E-state index is 14.0. The Kier molecular flexibility index (Phi) is 4.66. The van der Waals surface area contributed by atoms with Crippen molar-refractivity contribution >= 4 is 33.4 Å². The molecular weight excluding hydrogens is 464 g/mol. The average molecular weight is 489 g/mol. The van der Waals surface area contributed by atoms with Gasteiger partial charge in [-0.25, -0.2) is 0 Å². The molecule has 5 saturated heterocycles. The quantitative estimate of drug-likeness (QED) is 0.590. The van der Waals surface area contributed by atoms with E-state index < -0.39 is 21.2 Å².